The van der Waals surface area contributed by atoms with E-state index in [-0.39, 0.29) is 0 Å². The minimum Gasteiger partial charge on any atom is -0.239 e. The molecular weight excluding hydrogens is 359 g/mol. The zero-order valence-electron chi connectivity index (χ0n) is 18.9. The molecule has 29 heavy (non-hydrogen) atoms. The van der Waals surface area contributed by atoms with Crippen molar-refractivity contribution in [1.82, 2.24) is 9.97 Å². The summed E-state index contributed by atoms with van der Waals surface area (Å²) in [6.07, 6.45) is 8.69. The Balaban J connectivity index is 2.15. The molecule has 0 spiro atoms. The Labute approximate surface area is 175 Å². The standard InChI is InChI=1S/C26H35FN2/c1-8-20-13-12-15-23(26(6,7)27)21(20)14-10-11-16-25-28-19(5)22(17-18(3)4)24(9-2)29-25/h9,12-13,15,17H,3,8,10-11,14,16H2,1-2,4-7H3/b22-17-,24-9+. The second-order valence-corrected chi connectivity index (χ2v) is 8.28. The highest BCUT2D eigenvalue weighted by Gasteiger charge is 2.23. The average Bonchev–Trinajstić information content (AvgIpc) is 2.65. The summed E-state index contributed by atoms with van der Waals surface area (Å²) < 4.78 is 14.7. The Morgan fingerprint density at radius 2 is 1.86 bits per heavy atom. The highest BCUT2D eigenvalue weighted by Crippen LogP contribution is 2.31. The fourth-order valence-electron chi connectivity index (χ4n) is 3.82. The van der Waals surface area contributed by atoms with Crippen molar-refractivity contribution in [3.05, 3.63) is 69.1 Å². The Hall–Kier alpha value is -2.29. The summed E-state index contributed by atoms with van der Waals surface area (Å²) in [6, 6.07) is 6.03. The molecule has 3 heteroatoms. The lowest BCUT2D eigenvalue weighted by molar-refractivity contribution is 0.219. The molecule has 2 rings (SSSR count). The molecule has 1 heterocycles. The van der Waals surface area contributed by atoms with Crippen LogP contribution in [0.4, 0.5) is 4.39 Å². The van der Waals surface area contributed by atoms with Crippen LogP contribution < -0.4 is 10.6 Å². The van der Waals surface area contributed by atoms with Gasteiger partial charge in [-0.15, -0.1) is 0 Å². The molecule has 0 fully saturated rings. The quantitative estimate of drug-likeness (QED) is 0.570. The number of aryl methyl sites for hydroxylation is 3. The first-order valence-electron chi connectivity index (χ1n) is 10.6. The minimum absolute atomic E-state index is 0.825. The van der Waals surface area contributed by atoms with Gasteiger partial charge in [0.2, 0.25) is 0 Å². The number of hydrogen-bond acceptors (Lipinski definition) is 2. The minimum atomic E-state index is -1.32. The van der Waals surface area contributed by atoms with Crippen LogP contribution in [0, 0.1) is 6.92 Å². The lowest BCUT2D eigenvalue weighted by atomic mass is 9.87. The predicted octanol–water partition coefficient (Wildman–Crippen LogP) is 5.27. The van der Waals surface area contributed by atoms with Gasteiger partial charge in [-0.05, 0) is 83.1 Å². The van der Waals surface area contributed by atoms with Crippen molar-refractivity contribution >= 4 is 12.2 Å². The lowest BCUT2D eigenvalue weighted by Gasteiger charge is -2.21. The molecule has 2 aromatic rings. The molecule has 1 aromatic heterocycles. The van der Waals surface area contributed by atoms with Gasteiger partial charge in [-0.25, -0.2) is 14.4 Å². The lowest BCUT2D eigenvalue weighted by Crippen LogP contribution is -2.33. The summed E-state index contributed by atoms with van der Waals surface area (Å²) >= 11 is 0. The van der Waals surface area contributed by atoms with Gasteiger partial charge in [-0.3, -0.25) is 0 Å². The molecule has 0 aliphatic carbocycles. The van der Waals surface area contributed by atoms with Crippen LogP contribution in [0.1, 0.15) is 75.7 Å². The Bertz CT molecular complexity index is 981. The zero-order chi connectivity index (χ0) is 21.6. The van der Waals surface area contributed by atoms with Crippen molar-refractivity contribution in [3.63, 3.8) is 0 Å². The van der Waals surface area contributed by atoms with Crippen molar-refractivity contribution in [2.24, 2.45) is 0 Å². The van der Waals surface area contributed by atoms with Crippen LogP contribution in [0.2, 0.25) is 0 Å². The summed E-state index contributed by atoms with van der Waals surface area (Å²) in [5.41, 5.74) is 3.92. The van der Waals surface area contributed by atoms with Gasteiger partial charge in [0.1, 0.15) is 11.5 Å². The number of aromatic nitrogens is 2. The van der Waals surface area contributed by atoms with E-state index in [4.69, 9.17) is 9.97 Å². The monoisotopic (exact) mass is 394 g/mol. The van der Waals surface area contributed by atoms with Crippen LogP contribution in [-0.2, 0) is 24.9 Å². The van der Waals surface area contributed by atoms with E-state index in [1.165, 1.54) is 11.1 Å². The molecule has 0 unspecified atom stereocenters. The third-order valence-electron chi connectivity index (χ3n) is 5.25. The van der Waals surface area contributed by atoms with Crippen molar-refractivity contribution < 1.29 is 4.39 Å². The van der Waals surface area contributed by atoms with Crippen LogP contribution in [0.15, 0.2) is 30.4 Å². The molecule has 0 amide bonds. The third-order valence-corrected chi connectivity index (χ3v) is 5.25. The summed E-state index contributed by atoms with van der Waals surface area (Å²) in [5, 5.41) is 2.02. The second-order valence-electron chi connectivity index (χ2n) is 8.28. The maximum atomic E-state index is 14.7. The molecule has 2 nitrogen and oxygen atoms in total. The van der Waals surface area contributed by atoms with Crippen LogP contribution in [0.5, 0.6) is 0 Å². The van der Waals surface area contributed by atoms with Crippen LogP contribution in [0.25, 0.3) is 12.2 Å². The fourth-order valence-corrected chi connectivity index (χ4v) is 3.82. The first-order chi connectivity index (χ1) is 13.7. The van der Waals surface area contributed by atoms with Crippen LogP contribution in [-0.4, -0.2) is 9.97 Å². The van der Waals surface area contributed by atoms with Gasteiger partial charge in [-0.1, -0.05) is 43.4 Å². The van der Waals surface area contributed by atoms with Gasteiger partial charge in [-0.2, -0.15) is 0 Å². The first kappa shape index (κ1) is 23.0. The van der Waals surface area contributed by atoms with Crippen molar-refractivity contribution in [3.8, 4) is 0 Å². The summed E-state index contributed by atoms with van der Waals surface area (Å²) in [7, 11) is 0. The fraction of sp³-hybridized carbons (Fsp3) is 0.462. The maximum Gasteiger partial charge on any atom is 0.130 e. The third kappa shape index (κ3) is 6.09. The molecule has 0 N–H and O–H groups in total. The summed E-state index contributed by atoms with van der Waals surface area (Å²) in [6.45, 7) is 15.4. The number of alkyl halides is 1. The van der Waals surface area contributed by atoms with Gasteiger partial charge < -0.3 is 0 Å². The largest absolute Gasteiger partial charge is 0.239 e. The maximum absolute atomic E-state index is 14.7. The van der Waals surface area contributed by atoms with E-state index in [9.17, 15) is 4.39 Å². The summed E-state index contributed by atoms with van der Waals surface area (Å²) in [5.74, 6) is 0.879. The number of hydrogen-bond donors (Lipinski definition) is 0. The molecule has 0 atom stereocenters. The Kier molecular flexibility index (Phi) is 7.89. The first-order valence-corrected chi connectivity index (χ1v) is 10.6. The molecule has 1 aromatic carbocycles. The average molecular weight is 395 g/mol. The Morgan fingerprint density at radius 3 is 2.45 bits per heavy atom. The second kappa shape index (κ2) is 9.96. The Morgan fingerprint density at radius 1 is 1.17 bits per heavy atom. The van der Waals surface area contributed by atoms with Crippen molar-refractivity contribution in [2.45, 2.75) is 79.3 Å². The van der Waals surface area contributed by atoms with E-state index < -0.39 is 5.67 Å². The molecule has 0 saturated carbocycles. The van der Waals surface area contributed by atoms with E-state index in [0.717, 1.165) is 65.3 Å². The van der Waals surface area contributed by atoms with Crippen LogP contribution >= 0.6 is 0 Å². The van der Waals surface area contributed by atoms with Gasteiger partial charge in [0.05, 0.1) is 5.35 Å². The highest BCUT2D eigenvalue weighted by molar-refractivity contribution is 5.45. The van der Waals surface area contributed by atoms with Crippen molar-refractivity contribution in [1.29, 1.82) is 0 Å². The van der Waals surface area contributed by atoms with Gasteiger partial charge in [0.25, 0.3) is 0 Å². The molecule has 0 aliphatic rings. The number of halogens is 1. The van der Waals surface area contributed by atoms with Crippen LogP contribution in [0.3, 0.4) is 0 Å². The predicted molar refractivity (Wildman–Crippen MR) is 122 cm³/mol. The summed E-state index contributed by atoms with van der Waals surface area (Å²) in [4.78, 5) is 9.45. The number of unbranched alkanes of at least 4 members (excludes halogenated alkanes) is 1. The molecule has 0 saturated heterocycles. The van der Waals surface area contributed by atoms with Gasteiger partial charge >= 0.3 is 0 Å². The number of allylic oxidation sites excluding steroid dienone is 1. The smallest absolute Gasteiger partial charge is 0.130 e. The van der Waals surface area contributed by atoms with E-state index >= 15 is 0 Å². The zero-order valence-corrected chi connectivity index (χ0v) is 18.9. The SMILES string of the molecule is C=C(C)/C=c1/c(C)nc(CCCCc2c(CC)cccc2C(C)(C)F)n/c1=C/C. The van der Waals surface area contributed by atoms with Gasteiger partial charge in [0, 0.05) is 17.3 Å². The molecule has 0 aliphatic heterocycles. The van der Waals surface area contributed by atoms with E-state index in [1.54, 1.807) is 13.8 Å². The number of benzene rings is 1. The topological polar surface area (TPSA) is 25.8 Å². The van der Waals surface area contributed by atoms with E-state index in [1.807, 2.05) is 45.1 Å². The van der Waals surface area contributed by atoms with Crippen molar-refractivity contribution in [2.75, 3.05) is 0 Å². The molecule has 156 valence electrons. The van der Waals surface area contributed by atoms with Gasteiger partial charge in [0.15, 0.2) is 0 Å². The van der Waals surface area contributed by atoms with E-state index in [2.05, 4.69) is 19.6 Å². The van der Waals surface area contributed by atoms with E-state index in [0.29, 0.717) is 0 Å². The molecular formula is C26H35FN2. The highest BCUT2D eigenvalue weighted by atomic mass is 19.1. The normalized spacial score (nSPS) is 13.2. The number of rotatable bonds is 8. The molecule has 0 radical (unpaired) electrons. The molecule has 0 bridgehead atoms. The number of nitrogens with zero attached hydrogens (tertiary/aromatic N) is 2.